The van der Waals surface area contributed by atoms with Crippen molar-refractivity contribution < 1.29 is 0 Å². The van der Waals surface area contributed by atoms with Gasteiger partial charge in [0.1, 0.15) is 0 Å². The molecule has 0 saturated heterocycles. The zero-order chi connectivity index (χ0) is 13.8. The van der Waals surface area contributed by atoms with Crippen molar-refractivity contribution in [1.82, 2.24) is 5.01 Å². The predicted molar refractivity (Wildman–Crippen MR) is 82.6 cm³/mol. The molecule has 0 aliphatic heterocycles. The number of hydrazone groups is 1. The van der Waals surface area contributed by atoms with Gasteiger partial charge in [-0.15, -0.1) is 0 Å². The third kappa shape index (κ3) is 3.02. The van der Waals surface area contributed by atoms with Crippen molar-refractivity contribution in [1.29, 1.82) is 0 Å². The van der Waals surface area contributed by atoms with Gasteiger partial charge >= 0.3 is 0 Å². The highest BCUT2D eigenvalue weighted by molar-refractivity contribution is 5.91. The Morgan fingerprint density at radius 3 is 2.16 bits per heavy atom. The van der Waals surface area contributed by atoms with Crippen LogP contribution in [0.1, 0.15) is 16.7 Å². The maximum absolute atomic E-state index is 4.35. The third-order valence-corrected chi connectivity index (χ3v) is 3.14. The molecule has 0 N–H and O–H groups in total. The summed E-state index contributed by atoms with van der Waals surface area (Å²) in [5, 5.41) is 6.16. The van der Waals surface area contributed by atoms with Crippen molar-refractivity contribution in [2.24, 2.45) is 5.10 Å². The molecule has 0 aliphatic rings. The van der Waals surface area contributed by atoms with Crippen molar-refractivity contribution in [3.8, 4) is 11.1 Å². The van der Waals surface area contributed by atoms with Gasteiger partial charge in [0.2, 0.25) is 0 Å². The first kappa shape index (κ1) is 13.3. The summed E-state index contributed by atoms with van der Waals surface area (Å²) in [6, 6.07) is 14.8. The molecule has 0 aromatic heterocycles. The van der Waals surface area contributed by atoms with Crippen LogP contribution in [0.3, 0.4) is 0 Å². The van der Waals surface area contributed by atoms with Gasteiger partial charge in [-0.1, -0.05) is 42.5 Å². The van der Waals surface area contributed by atoms with Crippen LogP contribution in [0.5, 0.6) is 0 Å². The van der Waals surface area contributed by atoms with Gasteiger partial charge in [0, 0.05) is 19.7 Å². The van der Waals surface area contributed by atoms with Crippen LogP contribution < -0.4 is 0 Å². The first-order valence-corrected chi connectivity index (χ1v) is 6.46. The summed E-state index contributed by atoms with van der Waals surface area (Å²) in [4.78, 5) is 0. The van der Waals surface area contributed by atoms with E-state index in [0.29, 0.717) is 0 Å². The number of nitrogens with zero attached hydrogens (tertiary/aromatic N) is 2. The van der Waals surface area contributed by atoms with Gasteiger partial charge in [-0.05, 0) is 36.1 Å². The lowest BCUT2D eigenvalue weighted by atomic mass is 9.93. The van der Waals surface area contributed by atoms with E-state index >= 15 is 0 Å². The molecule has 2 rings (SSSR count). The van der Waals surface area contributed by atoms with E-state index in [1.807, 2.05) is 31.4 Å². The van der Waals surface area contributed by atoms with Crippen molar-refractivity contribution in [2.45, 2.75) is 13.8 Å². The molecular weight excluding hydrogens is 232 g/mol. The summed E-state index contributed by atoms with van der Waals surface area (Å²) >= 11 is 0. The van der Waals surface area contributed by atoms with Crippen LogP contribution in [0.2, 0.25) is 0 Å². The van der Waals surface area contributed by atoms with Gasteiger partial charge in [-0.2, -0.15) is 5.10 Å². The van der Waals surface area contributed by atoms with Crippen LogP contribution in [-0.4, -0.2) is 25.3 Å². The maximum Gasteiger partial charge on any atom is 0.0548 e. The molecule has 0 amide bonds. The molecule has 98 valence electrons. The summed E-state index contributed by atoms with van der Waals surface area (Å²) in [7, 11) is 3.86. The van der Waals surface area contributed by atoms with E-state index in [1.165, 1.54) is 22.3 Å². The van der Waals surface area contributed by atoms with E-state index < -0.39 is 0 Å². The maximum atomic E-state index is 4.35. The molecule has 0 atom stereocenters. The zero-order valence-electron chi connectivity index (χ0n) is 12.0. The molecule has 2 aromatic rings. The molecule has 2 aromatic carbocycles. The summed E-state index contributed by atoms with van der Waals surface area (Å²) in [5.41, 5.74) is 6.29. The Hall–Kier alpha value is -2.09. The quantitative estimate of drug-likeness (QED) is 0.598. The summed E-state index contributed by atoms with van der Waals surface area (Å²) in [6.45, 7) is 4.31. The standard InChI is InChI=1S/C17H20N2/c1-13-8-7-9-14(2)17(13)16-11-6-5-10-15(16)12-18-19(3)4/h5-12H,1-4H3/b18-12+. The largest absolute Gasteiger partial charge is 0.303 e. The lowest BCUT2D eigenvalue weighted by Gasteiger charge is -2.13. The summed E-state index contributed by atoms with van der Waals surface area (Å²) < 4.78 is 0. The van der Waals surface area contributed by atoms with Crippen LogP contribution in [0, 0.1) is 13.8 Å². The van der Waals surface area contributed by atoms with Gasteiger partial charge in [0.05, 0.1) is 6.21 Å². The fraction of sp³-hybridized carbons (Fsp3) is 0.235. The number of aryl methyl sites for hydroxylation is 2. The lowest BCUT2D eigenvalue weighted by molar-refractivity contribution is 0.440. The zero-order valence-corrected chi connectivity index (χ0v) is 12.0. The van der Waals surface area contributed by atoms with Gasteiger partial charge in [-0.25, -0.2) is 0 Å². The molecule has 19 heavy (non-hydrogen) atoms. The highest BCUT2D eigenvalue weighted by Gasteiger charge is 2.08. The van der Waals surface area contributed by atoms with Gasteiger partial charge in [0.25, 0.3) is 0 Å². The van der Waals surface area contributed by atoms with E-state index in [-0.39, 0.29) is 0 Å². The highest BCUT2D eigenvalue weighted by atomic mass is 15.4. The van der Waals surface area contributed by atoms with Crippen molar-refractivity contribution >= 4 is 6.21 Å². The van der Waals surface area contributed by atoms with E-state index in [2.05, 4.69) is 55.3 Å². The first-order chi connectivity index (χ1) is 9.09. The Labute approximate surface area is 115 Å². The minimum atomic E-state index is 1.15. The van der Waals surface area contributed by atoms with Gasteiger partial charge in [0.15, 0.2) is 0 Å². The second-order valence-corrected chi connectivity index (χ2v) is 4.95. The lowest BCUT2D eigenvalue weighted by Crippen LogP contribution is -2.02. The van der Waals surface area contributed by atoms with Gasteiger partial charge in [-0.3, -0.25) is 0 Å². The SMILES string of the molecule is Cc1cccc(C)c1-c1ccccc1/C=N/N(C)C. The molecule has 0 unspecified atom stereocenters. The van der Waals surface area contributed by atoms with E-state index in [9.17, 15) is 0 Å². The van der Waals surface area contributed by atoms with Crippen LogP contribution >= 0.6 is 0 Å². The molecule has 2 nitrogen and oxygen atoms in total. The number of hydrogen-bond donors (Lipinski definition) is 0. The molecule has 0 fully saturated rings. The van der Waals surface area contributed by atoms with Crippen LogP contribution in [0.25, 0.3) is 11.1 Å². The van der Waals surface area contributed by atoms with E-state index in [1.54, 1.807) is 0 Å². The Morgan fingerprint density at radius 1 is 0.895 bits per heavy atom. The monoisotopic (exact) mass is 252 g/mol. The topological polar surface area (TPSA) is 15.6 Å². The third-order valence-electron chi connectivity index (χ3n) is 3.14. The molecule has 2 heteroatoms. The second kappa shape index (κ2) is 5.70. The Kier molecular flexibility index (Phi) is 4.00. The summed E-state index contributed by atoms with van der Waals surface area (Å²) in [6.07, 6.45) is 1.92. The molecule has 0 saturated carbocycles. The number of hydrogen-bond acceptors (Lipinski definition) is 2. The van der Waals surface area contributed by atoms with Crippen molar-refractivity contribution in [3.05, 3.63) is 59.2 Å². The normalized spacial score (nSPS) is 10.9. The van der Waals surface area contributed by atoms with Gasteiger partial charge < -0.3 is 5.01 Å². The molecule has 0 spiro atoms. The van der Waals surface area contributed by atoms with E-state index in [4.69, 9.17) is 0 Å². The van der Waals surface area contributed by atoms with Crippen LogP contribution in [-0.2, 0) is 0 Å². The fourth-order valence-electron chi connectivity index (χ4n) is 2.25. The number of benzene rings is 2. The molecule has 0 bridgehead atoms. The van der Waals surface area contributed by atoms with Crippen molar-refractivity contribution in [2.75, 3.05) is 14.1 Å². The van der Waals surface area contributed by atoms with E-state index in [0.717, 1.165) is 5.56 Å². The Bertz CT molecular complexity index is 578. The molecule has 0 heterocycles. The first-order valence-electron chi connectivity index (χ1n) is 6.46. The molecule has 0 radical (unpaired) electrons. The van der Waals surface area contributed by atoms with Crippen LogP contribution in [0.15, 0.2) is 47.6 Å². The smallest absolute Gasteiger partial charge is 0.0548 e. The second-order valence-electron chi connectivity index (χ2n) is 4.95. The summed E-state index contributed by atoms with van der Waals surface area (Å²) in [5.74, 6) is 0. The minimum absolute atomic E-state index is 1.15. The predicted octanol–water partition coefficient (Wildman–Crippen LogP) is 3.87. The average molecular weight is 252 g/mol. The highest BCUT2D eigenvalue weighted by Crippen LogP contribution is 2.29. The Morgan fingerprint density at radius 2 is 1.53 bits per heavy atom. The van der Waals surface area contributed by atoms with Crippen LogP contribution in [0.4, 0.5) is 0 Å². The Balaban J connectivity index is 2.57. The molecule has 0 aliphatic carbocycles. The molecular formula is C17H20N2. The minimum Gasteiger partial charge on any atom is -0.303 e. The fourth-order valence-corrected chi connectivity index (χ4v) is 2.25. The number of rotatable bonds is 3. The average Bonchev–Trinajstić information content (AvgIpc) is 2.37. The van der Waals surface area contributed by atoms with Crippen molar-refractivity contribution in [3.63, 3.8) is 0 Å².